The molecule has 0 bridgehead atoms. The van der Waals surface area contributed by atoms with Crippen molar-refractivity contribution in [1.29, 1.82) is 0 Å². The number of hydrogen-bond acceptors (Lipinski definition) is 2. The summed E-state index contributed by atoms with van der Waals surface area (Å²) in [5.74, 6) is 0.882. The maximum absolute atomic E-state index is 6.08. The van der Waals surface area contributed by atoms with Crippen LogP contribution in [0.2, 0.25) is 5.02 Å². The quantitative estimate of drug-likeness (QED) is 0.742. The number of benzene rings is 1. The molecule has 0 aliphatic carbocycles. The van der Waals surface area contributed by atoms with Crippen molar-refractivity contribution >= 4 is 11.6 Å². The van der Waals surface area contributed by atoms with Crippen LogP contribution in [-0.4, -0.2) is 13.7 Å². The molecule has 0 saturated heterocycles. The maximum Gasteiger partial charge on any atom is 0.123 e. The minimum Gasteiger partial charge on any atom is -0.496 e. The van der Waals surface area contributed by atoms with Crippen LogP contribution < -0.4 is 10.1 Å². The zero-order valence-electron chi connectivity index (χ0n) is 11.4. The van der Waals surface area contributed by atoms with Gasteiger partial charge in [0.05, 0.1) is 7.11 Å². The number of methoxy groups -OCH3 is 1. The molecule has 3 heteroatoms. The largest absolute Gasteiger partial charge is 0.496 e. The van der Waals surface area contributed by atoms with Gasteiger partial charge in [-0.1, -0.05) is 24.1 Å². The molecule has 0 radical (unpaired) electrons. The molecule has 0 aliphatic heterocycles. The molecular weight excluding hydrogens is 246 g/mol. The van der Waals surface area contributed by atoms with E-state index in [-0.39, 0.29) is 6.04 Å². The second kappa shape index (κ2) is 7.45. The lowest BCUT2D eigenvalue weighted by Gasteiger charge is -2.21. The van der Waals surface area contributed by atoms with Crippen molar-refractivity contribution in [2.75, 3.05) is 13.7 Å². The van der Waals surface area contributed by atoms with E-state index in [1.54, 1.807) is 7.11 Å². The van der Waals surface area contributed by atoms with E-state index in [0.717, 1.165) is 35.7 Å². The van der Waals surface area contributed by atoms with E-state index in [0.29, 0.717) is 0 Å². The van der Waals surface area contributed by atoms with Crippen molar-refractivity contribution in [3.05, 3.63) is 40.9 Å². The van der Waals surface area contributed by atoms with Crippen LogP contribution in [-0.2, 0) is 0 Å². The Labute approximate surface area is 115 Å². The highest BCUT2D eigenvalue weighted by Gasteiger charge is 2.15. The van der Waals surface area contributed by atoms with Crippen LogP contribution in [0.1, 0.15) is 38.3 Å². The smallest absolute Gasteiger partial charge is 0.123 e. The molecule has 2 nitrogen and oxygen atoms in total. The summed E-state index contributed by atoms with van der Waals surface area (Å²) in [6, 6.07) is 6.00. The molecule has 1 N–H and O–H groups in total. The number of nitrogens with one attached hydrogen (secondary N) is 1. The average molecular weight is 268 g/mol. The minimum absolute atomic E-state index is 0.250. The molecule has 1 aromatic rings. The highest BCUT2D eigenvalue weighted by atomic mass is 35.5. The summed E-state index contributed by atoms with van der Waals surface area (Å²) in [5.41, 5.74) is 2.31. The molecule has 0 heterocycles. The summed E-state index contributed by atoms with van der Waals surface area (Å²) in [6.45, 7) is 9.02. The fraction of sp³-hybridized carbons (Fsp3) is 0.467. The van der Waals surface area contributed by atoms with Crippen molar-refractivity contribution in [2.24, 2.45) is 0 Å². The lowest BCUT2D eigenvalue weighted by atomic mass is 9.99. The zero-order chi connectivity index (χ0) is 13.5. The molecule has 18 heavy (non-hydrogen) atoms. The molecule has 1 atom stereocenters. The van der Waals surface area contributed by atoms with Crippen molar-refractivity contribution < 1.29 is 4.74 Å². The predicted octanol–water partition coefficient (Wildman–Crippen LogP) is 4.36. The summed E-state index contributed by atoms with van der Waals surface area (Å²) in [4.78, 5) is 0. The molecule has 1 aromatic carbocycles. The first-order valence-electron chi connectivity index (χ1n) is 6.29. The van der Waals surface area contributed by atoms with Gasteiger partial charge < -0.3 is 10.1 Å². The van der Waals surface area contributed by atoms with Crippen LogP contribution in [0.15, 0.2) is 30.4 Å². The fourth-order valence-electron chi connectivity index (χ4n) is 1.98. The Morgan fingerprint density at radius 2 is 2.22 bits per heavy atom. The van der Waals surface area contributed by atoms with Gasteiger partial charge in [0.15, 0.2) is 0 Å². The third-order valence-corrected chi connectivity index (χ3v) is 3.11. The van der Waals surface area contributed by atoms with Gasteiger partial charge in [-0.2, -0.15) is 0 Å². The number of rotatable bonds is 7. The van der Waals surface area contributed by atoms with Gasteiger partial charge >= 0.3 is 0 Å². The van der Waals surface area contributed by atoms with E-state index in [4.69, 9.17) is 16.3 Å². The number of hydrogen-bond donors (Lipinski definition) is 1. The van der Waals surface area contributed by atoms with Crippen molar-refractivity contribution in [3.8, 4) is 5.75 Å². The molecule has 0 aliphatic rings. The first-order chi connectivity index (χ1) is 8.58. The topological polar surface area (TPSA) is 21.3 Å². The summed E-state index contributed by atoms with van der Waals surface area (Å²) >= 11 is 6.08. The lowest BCUT2D eigenvalue weighted by Crippen LogP contribution is -2.21. The van der Waals surface area contributed by atoms with E-state index in [1.165, 1.54) is 5.57 Å². The van der Waals surface area contributed by atoms with Gasteiger partial charge in [-0.15, -0.1) is 6.58 Å². The Kier molecular flexibility index (Phi) is 6.23. The van der Waals surface area contributed by atoms with Gasteiger partial charge in [-0.3, -0.25) is 0 Å². The lowest BCUT2D eigenvalue weighted by molar-refractivity contribution is 0.396. The third-order valence-electron chi connectivity index (χ3n) is 2.88. The molecule has 0 saturated carbocycles. The van der Waals surface area contributed by atoms with Crippen LogP contribution in [0.5, 0.6) is 5.75 Å². The number of allylic oxidation sites excluding steroid dienone is 1. The van der Waals surface area contributed by atoms with Crippen LogP contribution in [0, 0.1) is 0 Å². The van der Waals surface area contributed by atoms with E-state index >= 15 is 0 Å². The normalized spacial score (nSPS) is 12.2. The van der Waals surface area contributed by atoms with E-state index in [1.807, 2.05) is 18.2 Å². The van der Waals surface area contributed by atoms with E-state index < -0.39 is 0 Å². The van der Waals surface area contributed by atoms with Gasteiger partial charge in [-0.25, -0.2) is 0 Å². The fourth-order valence-corrected chi connectivity index (χ4v) is 2.16. The summed E-state index contributed by atoms with van der Waals surface area (Å²) in [5, 5.41) is 4.22. The molecule has 1 rings (SSSR count). The van der Waals surface area contributed by atoms with Crippen LogP contribution in [0.25, 0.3) is 0 Å². The molecule has 100 valence electrons. The van der Waals surface area contributed by atoms with Gasteiger partial charge in [0.25, 0.3) is 0 Å². The SMILES string of the molecule is C=C(C)CCC(NCC)c1cc(Cl)ccc1OC. The number of halogens is 1. The van der Waals surface area contributed by atoms with Crippen molar-refractivity contribution in [3.63, 3.8) is 0 Å². The van der Waals surface area contributed by atoms with Gasteiger partial charge in [0.1, 0.15) is 5.75 Å². The Hall–Kier alpha value is -0.990. The van der Waals surface area contributed by atoms with Gasteiger partial charge in [-0.05, 0) is 44.5 Å². The maximum atomic E-state index is 6.08. The van der Waals surface area contributed by atoms with Crippen molar-refractivity contribution in [2.45, 2.75) is 32.7 Å². The minimum atomic E-state index is 0.250. The molecule has 0 aromatic heterocycles. The van der Waals surface area contributed by atoms with Crippen molar-refractivity contribution in [1.82, 2.24) is 5.32 Å². The molecule has 0 amide bonds. The molecule has 0 spiro atoms. The second-order valence-electron chi connectivity index (χ2n) is 4.49. The van der Waals surface area contributed by atoms with Crippen LogP contribution in [0.3, 0.4) is 0 Å². The van der Waals surface area contributed by atoms with E-state index in [2.05, 4.69) is 25.7 Å². The zero-order valence-corrected chi connectivity index (χ0v) is 12.2. The molecular formula is C15H22ClNO. The predicted molar refractivity (Wildman–Crippen MR) is 78.5 cm³/mol. The highest BCUT2D eigenvalue weighted by molar-refractivity contribution is 6.30. The third kappa shape index (κ3) is 4.35. The first kappa shape index (κ1) is 15.1. The first-order valence-corrected chi connectivity index (χ1v) is 6.67. The Morgan fingerprint density at radius 3 is 2.78 bits per heavy atom. The number of ether oxygens (including phenoxy) is 1. The monoisotopic (exact) mass is 267 g/mol. The summed E-state index contributed by atoms with van der Waals surface area (Å²) < 4.78 is 5.41. The highest BCUT2D eigenvalue weighted by Crippen LogP contribution is 2.31. The summed E-state index contributed by atoms with van der Waals surface area (Å²) in [6.07, 6.45) is 1.99. The van der Waals surface area contributed by atoms with Crippen LogP contribution in [0.4, 0.5) is 0 Å². The Bertz CT molecular complexity index is 403. The van der Waals surface area contributed by atoms with E-state index in [9.17, 15) is 0 Å². The standard InChI is InChI=1S/C15H22ClNO/c1-5-17-14(8-6-11(2)3)13-10-12(16)7-9-15(13)18-4/h7,9-10,14,17H,2,5-6,8H2,1,3-4H3. The average Bonchev–Trinajstić information content (AvgIpc) is 2.34. The second-order valence-corrected chi connectivity index (χ2v) is 4.93. The Balaban J connectivity index is 2.95. The van der Waals surface area contributed by atoms with Crippen LogP contribution >= 0.6 is 11.6 Å². The van der Waals surface area contributed by atoms with Gasteiger partial charge in [0, 0.05) is 16.6 Å². The Morgan fingerprint density at radius 1 is 1.50 bits per heavy atom. The molecule has 0 fully saturated rings. The summed E-state index contributed by atoms with van der Waals surface area (Å²) in [7, 11) is 1.69. The molecule has 1 unspecified atom stereocenters. The van der Waals surface area contributed by atoms with Gasteiger partial charge in [0.2, 0.25) is 0 Å².